The van der Waals surface area contributed by atoms with E-state index in [1.165, 1.54) is 10.9 Å². The van der Waals surface area contributed by atoms with Crippen LogP contribution in [0, 0.1) is 5.41 Å². The number of hydrogen-bond acceptors (Lipinski definition) is 5. The van der Waals surface area contributed by atoms with Crippen molar-refractivity contribution in [1.82, 2.24) is 14.3 Å². The van der Waals surface area contributed by atoms with Crippen LogP contribution in [0.5, 0.6) is 0 Å². The maximum absolute atomic E-state index is 12.2. The molecule has 19 heavy (non-hydrogen) atoms. The van der Waals surface area contributed by atoms with E-state index in [-0.39, 0.29) is 16.3 Å². The minimum Gasteiger partial charge on any atom is -0.385 e. The van der Waals surface area contributed by atoms with E-state index in [0.717, 1.165) is 6.42 Å². The maximum atomic E-state index is 12.2. The highest BCUT2D eigenvalue weighted by molar-refractivity contribution is 7.89. The fourth-order valence-electron chi connectivity index (χ4n) is 1.59. The summed E-state index contributed by atoms with van der Waals surface area (Å²) >= 11 is 0. The second-order valence-corrected chi connectivity index (χ2v) is 6.96. The zero-order valence-corrected chi connectivity index (χ0v) is 12.6. The summed E-state index contributed by atoms with van der Waals surface area (Å²) in [5.41, 5.74) is 5.38. The third kappa shape index (κ3) is 4.19. The number of ether oxygens (including phenoxy) is 1. The van der Waals surface area contributed by atoms with Gasteiger partial charge in [0.25, 0.3) is 10.0 Å². The number of nitrogen functional groups attached to an aromatic ring is 1. The molecule has 0 saturated carbocycles. The summed E-state index contributed by atoms with van der Waals surface area (Å²) < 4.78 is 33.3. The number of nitrogens with one attached hydrogen (secondary N) is 1. The molecule has 0 bridgehead atoms. The molecule has 0 radical (unpaired) electrons. The number of sulfonamides is 1. The molecular weight excluding hydrogens is 268 g/mol. The lowest BCUT2D eigenvalue weighted by molar-refractivity contribution is 0.153. The van der Waals surface area contributed by atoms with E-state index in [1.807, 2.05) is 13.8 Å². The van der Waals surface area contributed by atoms with E-state index >= 15 is 0 Å². The lowest BCUT2D eigenvalue weighted by Crippen LogP contribution is -2.35. The zero-order valence-electron chi connectivity index (χ0n) is 11.8. The fraction of sp³-hybridized carbons (Fsp3) is 0.727. The lowest BCUT2D eigenvalue weighted by atomic mass is 9.90. The van der Waals surface area contributed by atoms with Crippen molar-refractivity contribution >= 4 is 15.8 Å². The Balaban J connectivity index is 2.77. The molecule has 1 aromatic rings. The summed E-state index contributed by atoms with van der Waals surface area (Å²) in [5, 5.41) is -0.00459. The summed E-state index contributed by atoms with van der Waals surface area (Å²) in [6.07, 6.45) is 2.13. The van der Waals surface area contributed by atoms with Crippen molar-refractivity contribution in [1.29, 1.82) is 0 Å². The third-order valence-corrected chi connectivity index (χ3v) is 4.42. The number of aryl methyl sites for hydroxylation is 1. The second kappa shape index (κ2) is 5.89. The Bertz CT molecular complexity index is 503. The smallest absolute Gasteiger partial charge is 0.260 e. The van der Waals surface area contributed by atoms with Crippen molar-refractivity contribution in [2.24, 2.45) is 12.5 Å². The molecule has 0 aliphatic rings. The van der Waals surface area contributed by atoms with Gasteiger partial charge in [0.1, 0.15) is 0 Å². The number of nitrogens with zero attached hydrogens (tertiary/aromatic N) is 2. The number of aromatic nitrogens is 2. The lowest BCUT2D eigenvalue weighted by Gasteiger charge is -2.24. The predicted molar refractivity (Wildman–Crippen MR) is 73.1 cm³/mol. The van der Waals surface area contributed by atoms with E-state index in [0.29, 0.717) is 13.2 Å². The van der Waals surface area contributed by atoms with Crippen LogP contribution < -0.4 is 10.5 Å². The van der Waals surface area contributed by atoms with E-state index < -0.39 is 10.0 Å². The van der Waals surface area contributed by atoms with Crippen LogP contribution in [0.2, 0.25) is 0 Å². The van der Waals surface area contributed by atoms with Crippen molar-refractivity contribution in [3.63, 3.8) is 0 Å². The molecule has 0 fully saturated rings. The molecule has 7 nitrogen and oxygen atoms in total. The molecule has 3 N–H and O–H groups in total. The Morgan fingerprint density at radius 1 is 1.53 bits per heavy atom. The molecule has 0 amide bonds. The first-order chi connectivity index (χ1) is 8.69. The van der Waals surface area contributed by atoms with Crippen LogP contribution in [0.25, 0.3) is 0 Å². The molecular formula is C11H22N4O3S. The topological polar surface area (TPSA) is 99.2 Å². The first-order valence-electron chi connectivity index (χ1n) is 5.95. The van der Waals surface area contributed by atoms with E-state index in [9.17, 15) is 8.42 Å². The van der Waals surface area contributed by atoms with Crippen LogP contribution >= 0.6 is 0 Å². The minimum absolute atomic E-state index is 0.00435. The SMILES string of the molecule is COCCC(C)(C)CNS(=O)(=O)c1c(N)ncn1C. The van der Waals surface area contributed by atoms with Gasteiger partial charge >= 0.3 is 0 Å². The van der Waals surface area contributed by atoms with E-state index in [4.69, 9.17) is 10.5 Å². The molecule has 0 aromatic carbocycles. The van der Waals surface area contributed by atoms with Gasteiger partial charge in [-0.3, -0.25) is 0 Å². The molecule has 110 valence electrons. The van der Waals surface area contributed by atoms with Crippen LogP contribution in [0.4, 0.5) is 5.82 Å². The summed E-state index contributed by atoms with van der Waals surface area (Å²) in [5.74, 6) is 0.00435. The standard InChI is InChI=1S/C11H22N4O3S/c1-11(2,5-6-18-4)7-14-19(16,17)10-9(12)13-8-15(10)3/h8,14H,5-7,12H2,1-4H3. The second-order valence-electron chi connectivity index (χ2n) is 5.28. The number of hydrogen-bond donors (Lipinski definition) is 2. The van der Waals surface area contributed by atoms with Gasteiger partial charge in [0.15, 0.2) is 10.8 Å². The van der Waals surface area contributed by atoms with Crippen molar-refractivity contribution in [3.05, 3.63) is 6.33 Å². The van der Waals surface area contributed by atoms with Gasteiger partial charge in [0.2, 0.25) is 0 Å². The van der Waals surface area contributed by atoms with E-state index in [2.05, 4.69) is 9.71 Å². The molecule has 0 saturated heterocycles. The largest absolute Gasteiger partial charge is 0.385 e. The van der Waals surface area contributed by atoms with Gasteiger partial charge in [0.05, 0.1) is 6.33 Å². The molecule has 1 aromatic heterocycles. The van der Waals surface area contributed by atoms with Gasteiger partial charge in [-0.05, 0) is 11.8 Å². The van der Waals surface area contributed by atoms with Gasteiger partial charge in [-0.15, -0.1) is 0 Å². The molecule has 1 rings (SSSR count). The number of imidazole rings is 1. The molecule has 0 aliphatic carbocycles. The Labute approximate surface area is 114 Å². The number of anilines is 1. The van der Waals surface area contributed by atoms with Crippen molar-refractivity contribution in [3.8, 4) is 0 Å². The van der Waals surface area contributed by atoms with Crippen LogP contribution in [-0.4, -0.2) is 38.2 Å². The number of rotatable bonds is 7. The average Bonchev–Trinajstić information content (AvgIpc) is 2.65. The molecule has 0 atom stereocenters. The maximum Gasteiger partial charge on any atom is 0.260 e. The monoisotopic (exact) mass is 290 g/mol. The molecule has 1 heterocycles. The minimum atomic E-state index is -3.65. The summed E-state index contributed by atoms with van der Waals surface area (Å²) in [7, 11) is -0.439. The zero-order chi connectivity index (χ0) is 14.7. The Morgan fingerprint density at radius 2 is 2.16 bits per heavy atom. The molecule has 0 unspecified atom stereocenters. The highest BCUT2D eigenvalue weighted by Crippen LogP contribution is 2.21. The third-order valence-electron chi connectivity index (χ3n) is 2.89. The van der Waals surface area contributed by atoms with Gasteiger partial charge in [-0.25, -0.2) is 18.1 Å². The quantitative estimate of drug-likeness (QED) is 0.754. The van der Waals surface area contributed by atoms with Crippen LogP contribution in [0.3, 0.4) is 0 Å². The van der Waals surface area contributed by atoms with Crippen molar-refractivity contribution < 1.29 is 13.2 Å². The molecule has 0 aliphatic heterocycles. The van der Waals surface area contributed by atoms with Crippen LogP contribution in [0.15, 0.2) is 11.4 Å². The van der Waals surface area contributed by atoms with Gasteiger partial charge in [-0.2, -0.15) is 0 Å². The van der Waals surface area contributed by atoms with Crippen molar-refractivity contribution in [2.45, 2.75) is 25.3 Å². The molecule has 0 spiro atoms. The first-order valence-corrected chi connectivity index (χ1v) is 7.43. The number of methoxy groups -OCH3 is 1. The number of nitrogens with two attached hydrogens (primary N) is 1. The summed E-state index contributed by atoms with van der Waals surface area (Å²) in [6.45, 7) is 4.84. The van der Waals surface area contributed by atoms with Gasteiger partial charge < -0.3 is 15.0 Å². The predicted octanol–water partition coefficient (Wildman–Crippen LogP) is 0.343. The highest BCUT2D eigenvalue weighted by Gasteiger charge is 2.26. The van der Waals surface area contributed by atoms with Crippen molar-refractivity contribution in [2.75, 3.05) is 26.0 Å². The fourth-order valence-corrected chi connectivity index (χ4v) is 3.06. The van der Waals surface area contributed by atoms with Gasteiger partial charge in [0, 0.05) is 27.3 Å². The summed E-state index contributed by atoms with van der Waals surface area (Å²) in [4.78, 5) is 3.78. The van der Waals surface area contributed by atoms with Gasteiger partial charge in [-0.1, -0.05) is 13.8 Å². The first kappa shape index (κ1) is 15.9. The highest BCUT2D eigenvalue weighted by atomic mass is 32.2. The average molecular weight is 290 g/mol. The normalized spacial score (nSPS) is 12.8. The Hall–Kier alpha value is -1.12. The van der Waals surface area contributed by atoms with Crippen LogP contribution in [-0.2, 0) is 21.8 Å². The Kier molecular flexibility index (Phi) is 4.94. The van der Waals surface area contributed by atoms with Crippen LogP contribution in [0.1, 0.15) is 20.3 Å². The summed E-state index contributed by atoms with van der Waals surface area (Å²) in [6, 6.07) is 0. The van der Waals surface area contributed by atoms with E-state index in [1.54, 1.807) is 14.2 Å². The Morgan fingerprint density at radius 3 is 2.63 bits per heavy atom. The molecule has 8 heteroatoms.